The van der Waals surface area contributed by atoms with Gasteiger partial charge in [-0.25, -0.2) is 4.98 Å². The normalized spacial score (nSPS) is 18.8. The molecule has 0 radical (unpaired) electrons. The zero-order valence-electron chi connectivity index (χ0n) is 17.6. The summed E-state index contributed by atoms with van der Waals surface area (Å²) in [6.07, 6.45) is 6.22. The Morgan fingerprint density at radius 2 is 1.53 bits per heavy atom. The molecular formula is C24H31N5O. The van der Waals surface area contributed by atoms with Crippen LogP contribution in [-0.4, -0.2) is 91.0 Å². The third-order valence-electron chi connectivity index (χ3n) is 5.90. The summed E-state index contributed by atoms with van der Waals surface area (Å²) in [4.78, 5) is 26.2. The van der Waals surface area contributed by atoms with Gasteiger partial charge in [0.05, 0.1) is 6.54 Å². The molecular weight excluding hydrogens is 374 g/mol. The summed E-state index contributed by atoms with van der Waals surface area (Å²) in [6.45, 7) is 8.67. The van der Waals surface area contributed by atoms with Crippen LogP contribution in [0.25, 0.3) is 6.08 Å². The predicted molar refractivity (Wildman–Crippen MR) is 121 cm³/mol. The first-order chi connectivity index (χ1) is 14.8. The van der Waals surface area contributed by atoms with Crippen LogP contribution in [0.1, 0.15) is 5.56 Å². The maximum Gasteiger partial charge on any atom is 0.236 e. The van der Waals surface area contributed by atoms with E-state index in [4.69, 9.17) is 0 Å². The quantitative estimate of drug-likeness (QED) is 0.736. The Bertz CT molecular complexity index is 810. The monoisotopic (exact) mass is 405 g/mol. The molecule has 6 nitrogen and oxygen atoms in total. The molecule has 2 fully saturated rings. The van der Waals surface area contributed by atoms with Crippen LogP contribution in [0.15, 0.2) is 60.8 Å². The van der Waals surface area contributed by atoms with E-state index < -0.39 is 0 Å². The number of pyridine rings is 1. The first kappa shape index (κ1) is 20.6. The van der Waals surface area contributed by atoms with Crippen molar-refractivity contribution < 1.29 is 4.79 Å². The summed E-state index contributed by atoms with van der Waals surface area (Å²) in [7, 11) is 0. The Morgan fingerprint density at radius 3 is 2.23 bits per heavy atom. The van der Waals surface area contributed by atoms with Gasteiger partial charge in [0.1, 0.15) is 5.82 Å². The van der Waals surface area contributed by atoms with Crippen LogP contribution < -0.4 is 4.90 Å². The molecule has 3 heterocycles. The van der Waals surface area contributed by atoms with Crippen molar-refractivity contribution in [3.63, 3.8) is 0 Å². The van der Waals surface area contributed by atoms with Gasteiger partial charge in [-0.3, -0.25) is 14.6 Å². The fourth-order valence-electron chi connectivity index (χ4n) is 4.05. The number of nitrogens with zero attached hydrogens (tertiary/aromatic N) is 5. The maximum absolute atomic E-state index is 12.7. The molecule has 2 aliphatic rings. The molecule has 0 spiro atoms. The lowest BCUT2D eigenvalue weighted by molar-refractivity contribution is -0.134. The lowest BCUT2D eigenvalue weighted by Gasteiger charge is -2.38. The average Bonchev–Trinajstić information content (AvgIpc) is 2.81. The molecule has 0 bridgehead atoms. The number of amides is 1. The Hall–Kier alpha value is -2.70. The zero-order valence-corrected chi connectivity index (χ0v) is 17.6. The van der Waals surface area contributed by atoms with Crippen molar-refractivity contribution in [3.05, 3.63) is 66.4 Å². The molecule has 0 atom stereocenters. The van der Waals surface area contributed by atoms with E-state index in [0.717, 1.165) is 64.7 Å². The molecule has 1 amide bonds. The van der Waals surface area contributed by atoms with Crippen LogP contribution in [0.3, 0.4) is 0 Å². The zero-order chi connectivity index (χ0) is 20.6. The minimum Gasteiger partial charge on any atom is -0.354 e. The van der Waals surface area contributed by atoms with Gasteiger partial charge in [-0.05, 0) is 17.7 Å². The first-order valence-electron chi connectivity index (χ1n) is 10.9. The van der Waals surface area contributed by atoms with Gasteiger partial charge in [0.2, 0.25) is 5.91 Å². The van der Waals surface area contributed by atoms with Gasteiger partial charge in [0, 0.05) is 65.1 Å². The number of hydrogen-bond donors (Lipinski definition) is 0. The molecule has 6 heteroatoms. The van der Waals surface area contributed by atoms with Gasteiger partial charge in [-0.15, -0.1) is 0 Å². The topological polar surface area (TPSA) is 42.9 Å². The van der Waals surface area contributed by atoms with Gasteiger partial charge in [0.15, 0.2) is 0 Å². The summed E-state index contributed by atoms with van der Waals surface area (Å²) in [5.41, 5.74) is 1.23. The Kier molecular flexibility index (Phi) is 7.11. The second-order valence-corrected chi connectivity index (χ2v) is 7.95. The number of rotatable bonds is 6. The lowest BCUT2D eigenvalue weighted by atomic mass is 10.2. The largest absolute Gasteiger partial charge is 0.354 e. The van der Waals surface area contributed by atoms with E-state index in [1.54, 1.807) is 0 Å². The minimum atomic E-state index is 0.265. The van der Waals surface area contributed by atoms with E-state index in [1.807, 2.05) is 29.3 Å². The molecule has 2 aromatic rings. The highest BCUT2D eigenvalue weighted by Gasteiger charge is 2.24. The molecule has 1 aromatic carbocycles. The second-order valence-electron chi connectivity index (χ2n) is 7.95. The predicted octanol–water partition coefficient (Wildman–Crippen LogP) is 2.06. The van der Waals surface area contributed by atoms with E-state index >= 15 is 0 Å². The average molecular weight is 406 g/mol. The van der Waals surface area contributed by atoms with Crippen LogP contribution in [0, 0.1) is 0 Å². The lowest BCUT2D eigenvalue weighted by Crippen LogP contribution is -2.53. The number of carbonyl (C=O) groups excluding carboxylic acids is 1. The molecule has 158 valence electrons. The number of hydrogen-bond acceptors (Lipinski definition) is 5. The Balaban J connectivity index is 1.16. The molecule has 1 aromatic heterocycles. The van der Waals surface area contributed by atoms with E-state index in [2.05, 4.69) is 62.2 Å². The summed E-state index contributed by atoms with van der Waals surface area (Å²) in [5, 5.41) is 0. The number of benzene rings is 1. The van der Waals surface area contributed by atoms with Crippen molar-refractivity contribution in [1.82, 2.24) is 19.7 Å². The maximum atomic E-state index is 12.7. The molecule has 0 saturated carbocycles. The van der Waals surface area contributed by atoms with E-state index in [-0.39, 0.29) is 5.91 Å². The van der Waals surface area contributed by atoms with Gasteiger partial charge < -0.3 is 9.80 Å². The standard InChI is InChI=1S/C24H31N5O/c30-24(21-27-15-17-28(18-16-27)23-10-4-5-11-25-23)29-19-13-26(14-20-29)12-6-9-22-7-2-1-3-8-22/h1-11H,12-21H2/b9-6+. The van der Waals surface area contributed by atoms with Crippen molar-refractivity contribution in [2.75, 3.05) is 70.3 Å². The highest BCUT2D eigenvalue weighted by Crippen LogP contribution is 2.13. The molecule has 2 aliphatic heterocycles. The van der Waals surface area contributed by atoms with Gasteiger partial charge in [0.25, 0.3) is 0 Å². The molecule has 0 N–H and O–H groups in total. The number of anilines is 1. The fraction of sp³-hybridized carbons (Fsp3) is 0.417. The van der Waals surface area contributed by atoms with E-state index in [9.17, 15) is 4.79 Å². The molecule has 4 rings (SSSR count). The highest BCUT2D eigenvalue weighted by atomic mass is 16.2. The Labute approximate surface area is 179 Å². The SMILES string of the molecule is O=C(CN1CCN(c2ccccn2)CC1)N1CCN(C/C=C/c2ccccc2)CC1. The van der Waals surface area contributed by atoms with E-state index in [1.165, 1.54) is 5.56 Å². The van der Waals surface area contributed by atoms with Crippen LogP contribution in [0.2, 0.25) is 0 Å². The van der Waals surface area contributed by atoms with Crippen LogP contribution in [0.4, 0.5) is 5.82 Å². The third-order valence-corrected chi connectivity index (χ3v) is 5.90. The summed E-state index contributed by atoms with van der Waals surface area (Å²) < 4.78 is 0. The first-order valence-corrected chi connectivity index (χ1v) is 10.9. The minimum absolute atomic E-state index is 0.265. The van der Waals surface area contributed by atoms with Crippen molar-refractivity contribution in [2.45, 2.75) is 0 Å². The van der Waals surface area contributed by atoms with Crippen molar-refractivity contribution in [1.29, 1.82) is 0 Å². The Morgan fingerprint density at radius 1 is 0.833 bits per heavy atom. The molecule has 0 unspecified atom stereocenters. The van der Waals surface area contributed by atoms with Gasteiger partial charge in [-0.2, -0.15) is 0 Å². The van der Waals surface area contributed by atoms with Crippen LogP contribution in [0.5, 0.6) is 0 Å². The van der Waals surface area contributed by atoms with Gasteiger partial charge in [-0.1, -0.05) is 48.6 Å². The molecule has 0 aliphatic carbocycles. The smallest absolute Gasteiger partial charge is 0.236 e. The van der Waals surface area contributed by atoms with Gasteiger partial charge >= 0.3 is 0 Å². The molecule has 30 heavy (non-hydrogen) atoms. The second kappa shape index (κ2) is 10.4. The van der Waals surface area contributed by atoms with E-state index in [0.29, 0.717) is 6.54 Å². The summed E-state index contributed by atoms with van der Waals surface area (Å²) >= 11 is 0. The number of piperazine rings is 2. The third kappa shape index (κ3) is 5.68. The number of aromatic nitrogens is 1. The van der Waals surface area contributed by atoms with Crippen molar-refractivity contribution >= 4 is 17.8 Å². The number of carbonyl (C=O) groups is 1. The highest BCUT2D eigenvalue weighted by molar-refractivity contribution is 5.78. The molecule has 2 saturated heterocycles. The fourth-order valence-corrected chi connectivity index (χ4v) is 4.05. The van der Waals surface area contributed by atoms with Crippen molar-refractivity contribution in [3.8, 4) is 0 Å². The van der Waals surface area contributed by atoms with Crippen molar-refractivity contribution in [2.24, 2.45) is 0 Å². The van der Waals surface area contributed by atoms with Crippen LogP contribution in [-0.2, 0) is 4.79 Å². The summed E-state index contributed by atoms with van der Waals surface area (Å²) in [5.74, 6) is 1.29. The summed E-state index contributed by atoms with van der Waals surface area (Å²) in [6, 6.07) is 16.4. The van der Waals surface area contributed by atoms with Crippen LogP contribution >= 0.6 is 0 Å².